The van der Waals surface area contributed by atoms with Gasteiger partial charge in [0.2, 0.25) is 11.8 Å². The van der Waals surface area contributed by atoms with Crippen molar-refractivity contribution in [1.29, 1.82) is 0 Å². The summed E-state index contributed by atoms with van der Waals surface area (Å²) in [6.07, 6.45) is 0.644. The molecule has 1 aromatic rings. The number of nitrogens with zero attached hydrogens (tertiary/aromatic N) is 1. The third-order valence-corrected chi connectivity index (χ3v) is 4.86. The summed E-state index contributed by atoms with van der Waals surface area (Å²) in [5.74, 6) is 0.754. The summed E-state index contributed by atoms with van der Waals surface area (Å²) in [6.45, 7) is 3.45. The molecule has 0 radical (unpaired) electrons. The van der Waals surface area contributed by atoms with Crippen LogP contribution in [0.5, 0.6) is 5.75 Å². The van der Waals surface area contributed by atoms with Crippen LogP contribution in [0.1, 0.15) is 24.5 Å². The fourth-order valence-electron chi connectivity index (χ4n) is 3.57. The SMILES string of the molecule is COCc1cc(CN[C@H]2C[C@H]3C(=O)N[C@@H](C)C(=O)N3C2)ccc1OC. The molecule has 2 N–H and O–H groups in total. The van der Waals surface area contributed by atoms with Crippen LogP contribution in [0.3, 0.4) is 0 Å². The molecule has 0 aliphatic carbocycles. The Morgan fingerprint density at radius 2 is 2.12 bits per heavy atom. The maximum atomic E-state index is 12.2. The number of benzene rings is 1. The molecule has 2 aliphatic rings. The number of hydrogen-bond acceptors (Lipinski definition) is 5. The highest BCUT2D eigenvalue weighted by atomic mass is 16.5. The predicted molar refractivity (Wildman–Crippen MR) is 92.1 cm³/mol. The standard InChI is InChI=1S/C18H25N3O4/c1-11-18(23)21-9-14(7-15(21)17(22)20-11)19-8-12-4-5-16(25-3)13(6-12)10-24-2/h4-6,11,14-15,19H,7-10H2,1-3H3,(H,20,22)/t11-,14-,15-/m0/s1. The number of nitrogens with one attached hydrogen (secondary N) is 2. The number of amides is 2. The van der Waals surface area contributed by atoms with Gasteiger partial charge in [0.25, 0.3) is 0 Å². The molecular weight excluding hydrogens is 322 g/mol. The zero-order chi connectivity index (χ0) is 18.0. The van der Waals surface area contributed by atoms with Crippen LogP contribution in [-0.2, 0) is 27.5 Å². The number of fused-ring (bicyclic) bond motifs is 1. The van der Waals surface area contributed by atoms with E-state index in [9.17, 15) is 9.59 Å². The average molecular weight is 347 g/mol. The number of carbonyl (C=O) groups is 2. The van der Waals surface area contributed by atoms with E-state index in [1.54, 1.807) is 26.0 Å². The van der Waals surface area contributed by atoms with Crippen molar-refractivity contribution in [3.8, 4) is 5.75 Å². The summed E-state index contributed by atoms with van der Waals surface area (Å²) in [4.78, 5) is 26.0. The number of carbonyl (C=O) groups excluding carboxylic acids is 2. The van der Waals surface area contributed by atoms with Gasteiger partial charge in [0.05, 0.1) is 13.7 Å². The lowest BCUT2D eigenvalue weighted by Crippen LogP contribution is -2.60. The Morgan fingerprint density at radius 1 is 1.32 bits per heavy atom. The lowest BCUT2D eigenvalue weighted by Gasteiger charge is -2.32. The van der Waals surface area contributed by atoms with Gasteiger partial charge in [0.15, 0.2) is 0 Å². The van der Waals surface area contributed by atoms with Gasteiger partial charge in [0, 0.05) is 31.8 Å². The molecule has 2 amide bonds. The van der Waals surface area contributed by atoms with E-state index in [2.05, 4.69) is 16.7 Å². The van der Waals surface area contributed by atoms with E-state index < -0.39 is 6.04 Å². The highest BCUT2D eigenvalue weighted by Gasteiger charge is 2.44. The van der Waals surface area contributed by atoms with Gasteiger partial charge in [-0.3, -0.25) is 9.59 Å². The van der Waals surface area contributed by atoms with E-state index >= 15 is 0 Å². The summed E-state index contributed by atoms with van der Waals surface area (Å²) in [5.41, 5.74) is 2.11. The number of methoxy groups -OCH3 is 2. The molecule has 7 heteroatoms. The molecule has 25 heavy (non-hydrogen) atoms. The van der Waals surface area contributed by atoms with Gasteiger partial charge >= 0.3 is 0 Å². The minimum absolute atomic E-state index is 0.000674. The van der Waals surface area contributed by atoms with Crippen molar-refractivity contribution in [2.24, 2.45) is 0 Å². The lowest BCUT2D eigenvalue weighted by atomic mass is 10.1. The summed E-state index contributed by atoms with van der Waals surface area (Å²) in [5, 5.41) is 6.20. The Bertz CT molecular complexity index is 664. The first-order valence-corrected chi connectivity index (χ1v) is 8.52. The first-order chi connectivity index (χ1) is 12.0. The zero-order valence-electron chi connectivity index (χ0n) is 14.9. The number of hydrogen-bond donors (Lipinski definition) is 2. The first kappa shape index (κ1) is 17.7. The van der Waals surface area contributed by atoms with Crippen molar-refractivity contribution in [2.45, 2.75) is 44.6 Å². The second-order valence-corrected chi connectivity index (χ2v) is 6.63. The molecule has 7 nitrogen and oxygen atoms in total. The van der Waals surface area contributed by atoms with Crippen LogP contribution in [-0.4, -0.2) is 55.6 Å². The Balaban J connectivity index is 1.62. The van der Waals surface area contributed by atoms with Crippen LogP contribution in [0.25, 0.3) is 0 Å². The Labute approximate surface area is 147 Å². The molecule has 0 bridgehead atoms. The minimum atomic E-state index is -0.430. The van der Waals surface area contributed by atoms with E-state index in [1.807, 2.05) is 12.1 Å². The quantitative estimate of drug-likeness (QED) is 0.780. The third kappa shape index (κ3) is 3.62. The van der Waals surface area contributed by atoms with Crippen molar-refractivity contribution in [1.82, 2.24) is 15.5 Å². The van der Waals surface area contributed by atoms with Crippen LogP contribution in [0.2, 0.25) is 0 Å². The van der Waals surface area contributed by atoms with Gasteiger partial charge in [-0.25, -0.2) is 0 Å². The van der Waals surface area contributed by atoms with Crippen molar-refractivity contribution in [2.75, 3.05) is 20.8 Å². The number of ether oxygens (including phenoxy) is 2. The second-order valence-electron chi connectivity index (χ2n) is 6.63. The van der Waals surface area contributed by atoms with E-state index in [1.165, 1.54) is 0 Å². The van der Waals surface area contributed by atoms with Gasteiger partial charge in [-0.15, -0.1) is 0 Å². The Morgan fingerprint density at radius 3 is 2.84 bits per heavy atom. The summed E-state index contributed by atoms with van der Waals surface area (Å²) in [7, 11) is 3.30. The van der Waals surface area contributed by atoms with E-state index in [4.69, 9.17) is 9.47 Å². The molecule has 3 atom stereocenters. The molecule has 0 spiro atoms. The highest BCUT2D eigenvalue weighted by Crippen LogP contribution is 2.24. The van der Waals surface area contributed by atoms with Crippen LogP contribution in [0, 0.1) is 0 Å². The molecule has 2 heterocycles. The average Bonchev–Trinajstić information content (AvgIpc) is 3.03. The second kappa shape index (κ2) is 7.41. The number of piperazine rings is 1. The highest BCUT2D eigenvalue weighted by molar-refractivity contribution is 5.97. The van der Waals surface area contributed by atoms with Gasteiger partial charge in [0.1, 0.15) is 17.8 Å². The maximum absolute atomic E-state index is 12.2. The van der Waals surface area contributed by atoms with E-state index in [0.717, 1.165) is 16.9 Å². The maximum Gasteiger partial charge on any atom is 0.245 e. The van der Waals surface area contributed by atoms with Crippen molar-refractivity contribution < 1.29 is 19.1 Å². The van der Waals surface area contributed by atoms with Crippen molar-refractivity contribution in [3.63, 3.8) is 0 Å². The third-order valence-electron chi connectivity index (χ3n) is 4.86. The normalized spacial score (nSPS) is 25.7. The molecule has 0 aromatic heterocycles. The van der Waals surface area contributed by atoms with Crippen LogP contribution in [0.15, 0.2) is 18.2 Å². The molecule has 136 valence electrons. The smallest absolute Gasteiger partial charge is 0.245 e. The molecule has 0 saturated carbocycles. The minimum Gasteiger partial charge on any atom is -0.496 e. The van der Waals surface area contributed by atoms with Crippen LogP contribution in [0.4, 0.5) is 0 Å². The zero-order valence-corrected chi connectivity index (χ0v) is 14.9. The molecular formula is C18H25N3O4. The molecule has 3 rings (SSSR count). The van der Waals surface area contributed by atoms with E-state index in [-0.39, 0.29) is 23.9 Å². The summed E-state index contributed by atoms with van der Waals surface area (Å²) >= 11 is 0. The van der Waals surface area contributed by atoms with Gasteiger partial charge in [-0.2, -0.15) is 0 Å². The van der Waals surface area contributed by atoms with Crippen molar-refractivity contribution in [3.05, 3.63) is 29.3 Å². The van der Waals surface area contributed by atoms with Gasteiger partial charge in [-0.1, -0.05) is 6.07 Å². The largest absolute Gasteiger partial charge is 0.496 e. The summed E-state index contributed by atoms with van der Waals surface area (Å²) in [6, 6.07) is 5.33. The first-order valence-electron chi connectivity index (χ1n) is 8.52. The molecule has 2 fully saturated rings. The molecule has 1 aromatic carbocycles. The van der Waals surface area contributed by atoms with E-state index in [0.29, 0.717) is 26.1 Å². The summed E-state index contributed by atoms with van der Waals surface area (Å²) < 4.78 is 10.6. The molecule has 0 unspecified atom stereocenters. The molecule has 2 saturated heterocycles. The van der Waals surface area contributed by atoms with Gasteiger partial charge < -0.3 is 25.0 Å². The topological polar surface area (TPSA) is 79.9 Å². The van der Waals surface area contributed by atoms with Crippen LogP contribution < -0.4 is 15.4 Å². The monoisotopic (exact) mass is 347 g/mol. The fraction of sp³-hybridized carbons (Fsp3) is 0.556. The van der Waals surface area contributed by atoms with Gasteiger partial charge in [-0.05, 0) is 31.0 Å². The van der Waals surface area contributed by atoms with Crippen molar-refractivity contribution >= 4 is 11.8 Å². The Kier molecular flexibility index (Phi) is 5.24. The number of rotatable bonds is 6. The predicted octanol–water partition coefficient (Wildman–Crippen LogP) is 0.419. The lowest BCUT2D eigenvalue weighted by molar-refractivity contribution is -0.146. The Hall–Kier alpha value is -2.12. The fourth-order valence-corrected chi connectivity index (χ4v) is 3.57. The molecule has 2 aliphatic heterocycles. The van der Waals surface area contributed by atoms with Crippen LogP contribution >= 0.6 is 0 Å².